The maximum atomic E-state index is 10.3. The molecule has 5 N–H and O–H groups in total. The maximum absolute atomic E-state index is 10.3. The summed E-state index contributed by atoms with van der Waals surface area (Å²) < 4.78 is 0. The Balaban J connectivity index is 2.06. The van der Waals surface area contributed by atoms with Crippen LogP contribution in [0.4, 0.5) is 5.69 Å². The number of benzene rings is 2. The molecule has 1 atom stereocenters. The molecule has 2 aromatic rings. The molecule has 0 saturated heterocycles. The van der Waals surface area contributed by atoms with Crippen LogP contribution >= 0.6 is 11.6 Å². The molecule has 0 radical (unpaired) electrons. The number of aliphatic hydroxyl groups excluding tert-OH is 1. The van der Waals surface area contributed by atoms with Gasteiger partial charge in [0.2, 0.25) is 0 Å². The van der Waals surface area contributed by atoms with Crippen molar-refractivity contribution in [3.05, 3.63) is 52.5 Å². The van der Waals surface area contributed by atoms with Crippen molar-refractivity contribution in [2.24, 2.45) is 0 Å². The quantitative estimate of drug-likeness (QED) is 0.504. The van der Waals surface area contributed by atoms with Gasteiger partial charge >= 0.3 is 0 Å². The van der Waals surface area contributed by atoms with Crippen LogP contribution in [0.1, 0.15) is 38.0 Å². The summed E-state index contributed by atoms with van der Waals surface area (Å²) in [6, 6.07) is 9.92. The van der Waals surface area contributed by atoms with E-state index in [0.717, 1.165) is 5.56 Å². The Labute approximate surface area is 153 Å². The van der Waals surface area contributed by atoms with Gasteiger partial charge in [-0.3, -0.25) is 0 Å². The Kier molecular flexibility index (Phi) is 6.16. The number of β-amino-alcohol motifs (C(OH)–C–C–N with tert-alkyl or cyclic N) is 1. The highest BCUT2D eigenvalue weighted by Crippen LogP contribution is 2.29. The van der Waals surface area contributed by atoms with Crippen molar-refractivity contribution in [2.75, 3.05) is 11.9 Å². The summed E-state index contributed by atoms with van der Waals surface area (Å²) in [7, 11) is 0. The van der Waals surface area contributed by atoms with E-state index in [-0.39, 0.29) is 22.1 Å². The van der Waals surface area contributed by atoms with Gasteiger partial charge in [-0.2, -0.15) is 0 Å². The first-order chi connectivity index (χ1) is 11.7. The number of hydrogen-bond acceptors (Lipinski definition) is 5. The fraction of sp³-hybridized carbons (Fsp3) is 0.368. The molecule has 0 spiro atoms. The van der Waals surface area contributed by atoms with Gasteiger partial charge in [0, 0.05) is 18.6 Å². The van der Waals surface area contributed by atoms with Crippen LogP contribution in [-0.2, 0) is 6.54 Å². The summed E-state index contributed by atoms with van der Waals surface area (Å²) in [6.45, 7) is 6.94. The molecule has 5 nitrogen and oxygen atoms in total. The molecule has 0 amide bonds. The molecule has 0 heterocycles. The zero-order chi connectivity index (χ0) is 18.6. The van der Waals surface area contributed by atoms with Crippen molar-refractivity contribution >= 4 is 17.3 Å². The maximum Gasteiger partial charge on any atom is 0.138 e. The molecule has 0 fully saturated rings. The lowest BCUT2D eigenvalue weighted by atomic mass is 10.1. The standard InChI is InChI=1S/C19H25ClN2O3/c1-19(2,3)22-11-18(25)13-5-7-17(24)15(9-13)21-10-12-4-6-16(23)14(20)8-12/h4-9,18,21-25H,10-11H2,1-3H3. The van der Waals surface area contributed by atoms with Crippen molar-refractivity contribution in [1.29, 1.82) is 0 Å². The average Bonchev–Trinajstić information content (AvgIpc) is 2.54. The second-order valence-corrected chi connectivity index (χ2v) is 7.47. The molecule has 6 heteroatoms. The lowest BCUT2D eigenvalue weighted by Crippen LogP contribution is -2.38. The minimum atomic E-state index is -0.677. The summed E-state index contributed by atoms with van der Waals surface area (Å²) in [5.41, 5.74) is 2.01. The molecule has 0 aliphatic carbocycles. The molecular formula is C19H25ClN2O3. The van der Waals surface area contributed by atoms with Crippen molar-refractivity contribution in [3.63, 3.8) is 0 Å². The molecule has 0 aliphatic heterocycles. The van der Waals surface area contributed by atoms with Gasteiger partial charge in [0.15, 0.2) is 0 Å². The minimum absolute atomic E-state index is 0.0322. The first-order valence-corrected chi connectivity index (χ1v) is 8.51. The summed E-state index contributed by atoms with van der Waals surface area (Å²) >= 11 is 5.90. The van der Waals surface area contributed by atoms with Crippen molar-refractivity contribution in [2.45, 2.75) is 39.0 Å². The van der Waals surface area contributed by atoms with E-state index in [9.17, 15) is 15.3 Å². The van der Waals surface area contributed by atoms with Crippen LogP contribution < -0.4 is 10.6 Å². The Bertz CT molecular complexity index is 729. The van der Waals surface area contributed by atoms with Crippen LogP contribution in [0.15, 0.2) is 36.4 Å². The molecule has 0 bridgehead atoms. The van der Waals surface area contributed by atoms with Crippen LogP contribution in [0, 0.1) is 0 Å². The van der Waals surface area contributed by atoms with E-state index in [1.807, 2.05) is 20.8 Å². The Hall–Kier alpha value is -1.95. The summed E-state index contributed by atoms with van der Waals surface area (Å²) in [6.07, 6.45) is -0.677. The van der Waals surface area contributed by atoms with Gasteiger partial charge in [0.1, 0.15) is 11.5 Å². The van der Waals surface area contributed by atoms with E-state index in [4.69, 9.17) is 11.6 Å². The van der Waals surface area contributed by atoms with Crippen LogP contribution in [0.5, 0.6) is 11.5 Å². The van der Waals surface area contributed by atoms with E-state index in [1.54, 1.807) is 30.3 Å². The molecule has 1 unspecified atom stereocenters. The smallest absolute Gasteiger partial charge is 0.138 e. The summed E-state index contributed by atoms with van der Waals surface area (Å²) in [5.74, 6) is 0.134. The largest absolute Gasteiger partial charge is 0.506 e. The third-order valence-corrected chi connectivity index (χ3v) is 4.03. The van der Waals surface area contributed by atoms with E-state index >= 15 is 0 Å². The number of aliphatic hydroxyl groups is 1. The number of phenolic OH excluding ortho intramolecular Hbond substituents is 2. The van der Waals surface area contributed by atoms with Crippen LogP contribution in [0.2, 0.25) is 5.02 Å². The zero-order valence-corrected chi connectivity index (χ0v) is 15.4. The van der Waals surface area contributed by atoms with Gasteiger partial charge in [-0.1, -0.05) is 23.7 Å². The highest BCUT2D eigenvalue weighted by molar-refractivity contribution is 6.32. The number of hydrogen-bond donors (Lipinski definition) is 5. The van der Waals surface area contributed by atoms with Crippen LogP contribution in [0.3, 0.4) is 0 Å². The van der Waals surface area contributed by atoms with E-state index in [1.165, 1.54) is 6.07 Å². The third-order valence-electron chi connectivity index (χ3n) is 3.73. The first kappa shape index (κ1) is 19.4. The average molecular weight is 365 g/mol. The first-order valence-electron chi connectivity index (χ1n) is 8.13. The summed E-state index contributed by atoms with van der Waals surface area (Å²) in [5, 5.41) is 36.5. The van der Waals surface area contributed by atoms with Crippen LogP contribution in [-0.4, -0.2) is 27.4 Å². The van der Waals surface area contributed by atoms with Gasteiger partial charge in [-0.05, 0) is 56.2 Å². The fourth-order valence-electron chi connectivity index (χ4n) is 2.28. The lowest BCUT2D eigenvalue weighted by Gasteiger charge is -2.23. The molecule has 0 aromatic heterocycles. The Morgan fingerprint density at radius 2 is 1.72 bits per heavy atom. The van der Waals surface area contributed by atoms with Crippen molar-refractivity contribution in [1.82, 2.24) is 5.32 Å². The second kappa shape index (κ2) is 7.95. The van der Waals surface area contributed by atoms with E-state index in [2.05, 4.69) is 10.6 Å². The number of phenols is 2. The SMILES string of the molecule is CC(C)(C)NCC(O)c1ccc(O)c(NCc2ccc(O)c(Cl)c2)c1. The Morgan fingerprint density at radius 1 is 1.04 bits per heavy atom. The zero-order valence-electron chi connectivity index (χ0n) is 14.7. The Morgan fingerprint density at radius 3 is 2.36 bits per heavy atom. The molecule has 2 aromatic carbocycles. The molecule has 136 valence electrons. The second-order valence-electron chi connectivity index (χ2n) is 7.06. The molecule has 0 saturated carbocycles. The monoisotopic (exact) mass is 364 g/mol. The normalized spacial score (nSPS) is 12.8. The molecule has 25 heavy (non-hydrogen) atoms. The highest BCUT2D eigenvalue weighted by Gasteiger charge is 2.15. The van der Waals surface area contributed by atoms with Crippen LogP contribution in [0.25, 0.3) is 0 Å². The van der Waals surface area contributed by atoms with Crippen molar-refractivity contribution < 1.29 is 15.3 Å². The minimum Gasteiger partial charge on any atom is -0.506 e. The van der Waals surface area contributed by atoms with E-state index < -0.39 is 6.10 Å². The molecular weight excluding hydrogens is 340 g/mol. The van der Waals surface area contributed by atoms with Gasteiger partial charge in [-0.25, -0.2) is 0 Å². The predicted molar refractivity (Wildman–Crippen MR) is 101 cm³/mol. The van der Waals surface area contributed by atoms with E-state index in [0.29, 0.717) is 24.3 Å². The number of anilines is 1. The van der Waals surface area contributed by atoms with Gasteiger partial charge in [0.25, 0.3) is 0 Å². The molecule has 0 aliphatic rings. The van der Waals surface area contributed by atoms with Gasteiger partial charge in [0.05, 0.1) is 16.8 Å². The molecule has 2 rings (SSSR count). The number of aromatic hydroxyl groups is 2. The van der Waals surface area contributed by atoms with Gasteiger partial charge < -0.3 is 26.0 Å². The fourth-order valence-corrected chi connectivity index (χ4v) is 2.48. The third kappa shape index (κ3) is 5.81. The van der Waals surface area contributed by atoms with Crippen molar-refractivity contribution in [3.8, 4) is 11.5 Å². The predicted octanol–water partition coefficient (Wildman–Crippen LogP) is 3.78. The highest BCUT2D eigenvalue weighted by atomic mass is 35.5. The topological polar surface area (TPSA) is 84.8 Å². The van der Waals surface area contributed by atoms with Gasteiger partial charge in [-0.15, -0.1) is 0 Å². The number of halogens is 1. The summed E-state index contributed by atoms with van der Waals surface area (Å²) in [4.78, 5) is 0. The number of nitrogens with one attached hydrogen (secondary N) is 2. The lowest BCUT2D eigenvalue weighted by molar-refractivity contribution is 0.163. The number of rotatable bonds is 6.